The molecule has 0 saturated heterocycles. The Labute approximate surface area is 118 Å². The Hall–Kier alpha value is -1.88. The first-order chi connectivity index (χ1) is 9.40. The topological polar surface area (TPSA) is 86.6 Å². The summed E-state index contributed by atoms with van der Waals surface area (Å²) in [6.45, 7) is 4.18. The Morgan fingerprint density at radius 2 is 1.90 bits per heavy atom. The second-order valence-corrected chi connectivity index (χ2v) is 5.23. The van der Waals surface area contributed by atoms with E-state index in [0.29, 0.717) is 17.9 Å². The van der Waals surface area contributed by atoms with Crippen molar-refractivity contribution in [2.75, 3.05) is 6.54 Å². The van der Waals surface area contributed by atoms with Crippen molar-refractivity contribution in [2.24, 2.45) is 5.92 Å². The first kappa shape index (κ1) is 16.2. The zero-order valence-electron chi connectivity index (χ0n) is 11.8. The van der Waals surface area contributed by atoms with Gasteiger partial charge in [-0.05, 0) is 24.0 Å². The highest BCUT2D eigenvalue weighted by molar-refractivity contribution is 5.91. The van der Waals surface area contributed by atoms with E-state index in [9.17, 15) is 14.7 Å². The van der Waals surface area contributed by atoms with Crippen LogP contribution in [0, 0.1) is 5.92 Å². The molecule has 0 aliphatic rings. The van der Waals surface area contributed by atoms with E-state index in [1.54, 1.807) is 18.2 Å². The number of nitrogens with one attached hydrogen (secondary N) is 1. The van der Waals surface area contributed by atoms with Crippen molar-refractivity contribution < 1.29 is 19.8 Å². The maximum absolute atomic E-state index is 11.8. The number of hydrogen-bond donors (Lipinski definition) is 3. The van der Waals surface area contributed by atoms with E-state index in [-0.39, 0.29) is 24.4 Å². The van der Waals surface area contributed by atoms with E-state index in [1.165, 1.54) is 6.07 Å². The minimum atomic E-state index is -1.05. The molecular weight excluding hydrogens is 258 g/mol. The van der Waals surface area contributed by atoms with E-state index in [0.717, 1.165) is 0 Å². The maximum atomic E-state index is 11.8. The van der Waals surface area contributed by atoms with Crippen LogP contribution in [0.3, 0.4) is 0 Å². The summed E-state index contributed by atoms with van der Waals surface area (Å²) in [4.78, 5) is 22.8. The minimum absolute atomic E-state index is 0.00310. The second-order valence-electron chi connectivity index (χ2n) is 5.23. The predicted octanol–water partition coefficient (Wildman–Crippen LogP) is 1.45. The average molecular weight is 279 g/mol. The highest BCUT2D eigenvalue weighted by Crippen LogP contribution is 2.09. The van der Waals surface area contributed by atoms with Crippen LogP contribution in [0.1, 0.15) is 36.2 Å². The van der Waals surface area contributed by atoms with Gasteiger partial charge in [0.25, 0.3) is 0 Å². The normalized spacial score (nSPS) is 12.2. The number of rotatable bonds is 7. The Morgan fingerprint density at radius 1 is 1.25 bits per heavy atom. The van der Waals surface area contributed by atoms with Crippen LogP contribution in [0.2, 0.25) is 0 Å². The molecule has 3 N–H and O–H groups in total. The van der Waals surface area contributed by atoms with E-state index < -0.39 is 12.1 Å². The molecule has 1 aromatic carbocycles. The molecule has 0 aliphatic heterocycles. The molecule has 0 radical (unpaired) electrons. The van der Waals surface area contributed by atoms with Crippen LogP contribution in [-0.4, -0.2) is 34.7 Å². The highest BCUT2D eigenvalue weighted by Gasteiger charge is 2.13. The summed E-state index contributed by atoms with van der Waals surface area (Å²) in [5.41, 5.74) is 0.598. The van der Waals surface area contributed by atoms with Crippen LogP contribution >= 0.6 is 0 Å². The number of benzene rings is 1. The van der Waals surface area contributed by atoms with Crippen molar-refractivity contribution in [1.29, 1.82) is 0 Å². The molecule has 1 atom stereocenters. The van der Waals surface area contributed by atoms with Crippen molar-refractivity contribution in [3.8, 4) is 0 Å². The maximum Gasteiger partial charge on any atom is 0.335 e. The summed E-state index contributed by atoms with van der Waals surface area (Å²) in [7, 11) is 0. The van der Waals surface area contributed by atoms with Gasteiger partial charge in [0.15, 0.2) is 0 Å². The fraction of sp³-hybridized carbons (Fsp3) is 0.467. The number of carboxylic acids is 1. The Kier molecular flexibility index (Phi) is 6.18. The van der Waals surface area contributed by atoms with E-state index in [1.807, 2.05) is 13.8 Å². The molecule has 110 valence electrons. The van der Waals surface area contributed by atoms with Gasteiger partial charge in [0.1, 0.15) is 0 Å². The summed E-state index contributed by atoms with van der Waals surface area (Å²) in [5.74, 6) is -0.982. The van der Waals surface area contributed by atoms with Gasteiger partial charge in [-0.25, -0.2) is 4.79 Å². The van der Waals surface area contributed by atoms with Crippen molar-refractivity contribution in [2.45, 2.75) is 32.8 Å². The van der Waals surface area contributed by atoms with Gasteiger partial charge in [-0.3, -0.25) is 4.79 Å². The Balaban J connectivity index is 2.53. The molecule has 5 heteroatoms. The molecular formula is C15H21NO4. The quantitative estimate of drug-likeness (QED) is 0.705. The third kappa shape index (κ3) is 5.40. The summed E-state index contributed by atoms with van der Waals surface area (Å²) in [6.07, 6.45) is 0.0386. The number of carbonyl (C=O) groups excluding carboxylic acids is 1. The van der Waals surface area contributed by atoms with E-state index in [2.05, 4.69) is 5.32 Å². The Bertz CT molecular complexity index is 471. The van der Waals surface area contributed by atoms with Crippen LogP contribution in [0.15, 0.2) is 24.3 Å². The highest BCUT2D eigenvalue weighted by atomic mass is 16.4. The van der Waals surface area contributed by atoms with Gasteiger partial charge in [0.2, 0.25) is 5.91 Å². The minimum Gasteiger partial charge on any atom is -0.478 e. The molecule has 20 heavy (non-hydrogen) atoms. The molecule has 0 bridgehead atoms. The summed E-state index contributed by atoms with van der Waals surface area (Å²) >= 11 is 0. The molecule has 1 unspecified atom stereocenters. The van der Waals surface area contributed by atoms with Gasteiger partial charge in [-0.2, -0.15) is 0 Å². The molecule has 0 aromatic heterocycles. The number of hydrogen-bond acceptors (Lipinski definition) is 3. The number of amides is 1. The van der Waals surface area contributed by atoms with Crippen LogP contribution in [0.4, 0.5) is 0 Å². The first-order valence-corrected chi connectivity index (χ1v) is 6.66. The number of aliphatic hydroxyl groups is 1. The van der Waals surface area contributed by atoms with Crippen LogP contribution in [0.25, 0.3) is 0 Å². The molecule has 1 aromatic rings. The molecule has 0 spiro atoms. The number of aromatic carboxylic acids is 1. The van der Waals surface area contributed by atoms with E-state index >= 15 is 0 Å². The molecule has 0 fully saturated rings. The number of carbonyl (C=O) groups is 2. The van der Waals surface area contributed by atoms with Gasteiger partial charge in [-0.15, -0.1) is 0 Å². The van der Waals surface area contributed by atoms with E-state index in [4.69, 9.17) is 5.11 Å². The van der Waals surface area contributed by atoms with Crippen molar-refractivity contribution in [3.63, 3.8) is 0 Å². The van der Waals surface area contributed by atoms with Crippen molar-refractivity contribution in [1.82, 2.24) is 5.32 Å². The van der Waals surface area contributed by atoms with Crippen LogP contribution in [-0.2, 0) is 11.2 Å². The van der Waals surface area contributed by atoms with Gasteiger partial charge >= 0.3 is 5.97 Å². The summed E-state index contributed by atoms with van der Waals surface area (Å²) in [5, 5.41) is 21.3. The third-order valence-corrected chi connectivity index (χ3v) is 2.88. The summed E-state index contributed by atoms with van der Waals surface area (Å²) < 4.78 is 0. The number of carboxylic acid groups (broad SMARTS) is 1. The monoisotopic (exact) mass is 279 g/mol. The second kappa shape index (κ2) is 7.65. The summed E-state index contributed by atoms with van der Waals surface area (Å²) in [6, 6.07) is 6.41. The van der Waals surface area contributed by atoms with Gasteiger partial charge < -0.3 is 15.5 Å². The van der Waals surface area contributed by atoms with Crippen LogP contribution < -0.4 is 5.32 Å². The lowest BCUT2D eigenvalue weighted by atomic mass is 10.0. The molecule has 1 amide bonds. The smallest absolute Gasteiger partial charge is 0.335 e. The lowest BCUT2D eigenvalue weighted by molar-refractivity contribution is -0.120. The van der Waals surface area contributed by atoms with Gasteiger partial charge in [0, 0.05) is 6.54 Å². The zero-order valence-corrected chi connectivity index (χ0v) is 11.8. The van der Waals surface area contributed by atoms with Gasteiger partial charge in [0.05, 0.1) is 18.1 Å². The largest absolute Gasteiger partial charge is 0.478 e. The van der Waals surface area contributed by atoms with Crippen molar-refractivity contribution >= 4 is 11.9 Å². The first-order valence-electron chi connectivity index (χ1n) is 6.66. The lowest BCUT2D eigenvalue weighted by Gasteiger charge is -2.14. The SMILES string of the molecule is CC(C)CC(O)CNC(=O)Cc1ccccc1C(=O)O. The molecule has 0 saturated carbocycles. The average Bonchev–Trinajstić information content (AvgIpc) is 2.36. The fourth-order valence-corrected chi connectivity index (χ4v) is 1.98. The third-order valence-electron chi connectivity index (χ3n) is 2.88. The number of aliphatic hydroxyl groups excluding tert-OH is 1. The molecule has 1 rings (SSSR count). The lowest BCUT2D eigenvalue weighted by Crippen LogP contribution is -2.34. The zero-order chi connectivity index (χ0) is 15.1. The standard InChI is InChI=1S/C15H21NO4/c1-10(2)7-12(17)9-16-14(18)8-11-5-3-4-6-13(11)15(19)20/h3-6,10,12,17H,7-9H2,1-2H3,(H,16,18)(H,19,20). The van der Waals surface area contributed by atoms with Gasteiger partial charge in [-0.1, -0.05) is 32.0 Å². The van der Waals surface area contributed by atoms with Crippen molar-refractivity contribution in [3.05, 3.63) is 35.4 Å². The molecule has 0 aliphatic carbocycles. The molecule has 0 heterocycles. The fourth-order valence-electron chi connectivity index (χ4n) is 1.98. The Morgan fingerprint density at radius 3 is 2.50 bits per heavy atom. The van der Waals surface area contributed by atoms with Crippen LogP contribution in [0.5, 0.6) is 0 Å². The molecule has 5 nitrogen and oxygen atoms in total. The predicted molar refractivity (Wildman–Crippen MR) is 75.6 cm³/mol.